The Kier molecular flexibility index (Phi) is 13.7. The maximum absolute atomic E-state index is 8.82. The topological polar surface area (TPSA) is 138 Å². The van der Waals surface area contributed by atoms with Crippen molar-refractivity contribution in [2.75, 3.05) is 0 Å². The normalized spacial score (nSPS) is 8.20. The molecule has 0 aromatic rings. The van der Waals surface area contributed by atoms with Crippen LogP contribution in [0.2, 0.25) is 0 Å². The Bertz CT molecular complexity index is 156. The first-order chi connectivity index (χ1) is 3.73. The van der Waals surface area contributed by atoms with Gasteiger partial charge < -0.3 is 15.0 Å². The van der Waals surface area contributed by atoms with Gasteiger partial charge in [-0.1, -0.05) is 0 Å². The molecule has 2 N–H and O–H groups in total. The standard InChI is InChI=1S/CH2O3.Ba.H2O4Se/c2-1(3)4;;1-5(2,3)4/h(H2,2,3,4);;(H2,1,2,3,4)/q;+2;/p-2. The van der Waals surface area contributed by atoms with E-state index in [4.69, 9.17) is 31.1 Å². The molecule has 0 fully saturated rings. The van der Waals surface area contributed by atoms with Crippen LogP contribution in [0, 0.1) is 0 Å². The number of carbonyl (C=O) groups excluding carboxylic acids is 1. The van der Waals surface area contributed by atoms with Crippen LogP contribution in [0.15, 0.2) is 0 Å². The molecular formula is CH2BaO7Se. The van der Waals surface area contributed by atoms with Gasteiger partial charge in [0.25, 0.3) is 0 Å². The van der Waals surface area contributed by atoms with Gasteiger partial charge in [0.15, 0.2) is 0 Å². The molecule has 0 radical (unpaired) electrons. The van der Waals surface area contributed by atoms with Gasteiger partial charge in [-0.3, -0.25) is 0 Å². The smallest absolute Gasteiger partial charge is 2.00 e. The number of hydrogen-bond acceptors (Lipinski definition) is 5. The molecule has 0 aliphatic heterocycles. The average Bonchev–Trinajstić information content (AvgIpc) is 1.19. The molecule has 10 heavy (non-hydrogen) atoms. The summed E-state index contributed by atoms with van der Waals surface area (Å²) in [4.78, 5) is 8.33. The van der Waals surface area contributed by atoms with Gasteiger partial charge in [-0.05, 0) is 6.16 Å². The molecule has 9 heteroatoms. The second kappa shape index (κ2) is 7.98. The Labute approximate surface area is 98.0 Å². The number of carboxylic acid groups (broad SMARTS) is 2. The monoisotopic (exact) mass is 344 g/mol. The van der Waals surface area contributed by atoms with Gasteiger partial charge in [-0.2, -0.15) is 0 Å². The Morgan fingerprint density at radius 3 is 1.20 bits per heavy atom. The Balaban J connectivity index is -0.0000000910. The molecule has 0 saturated heterocycles. The van der Waals surface area contributed by atoms with E-state index in [1.54, 1.807) is 0 Å². The molecule has 0 aromatic carbocycles. The fourth-order valence-corrected chi connectivity index (χ4v) is 0. The molecule has 7 nitrogen and oxygen atoms in total. The van der Waals surface area contributed by atoms with Crippen LogP contribution < -0.4 is 10.2 Å². The summed E-state index contributed by atoms with van der Waals surface area (Å²) >= 11 is -5.25. The van der Waals surface area contributed by atoms with Crippen molar-refractivity contribution in [3.63, 3.8) is 0 Å². The van der Waals surface area contributed by atoms with Gasteiger partial charge in [0.1, 0.15) is 0 Å². The van der Waals surface area contributed by atoms with Crippen LogP contribution in [-0.4, -0.2) is 76.8 Å². The molecule has 0 saturated carbocycles. The van der Waals surface area contributed by atoms with E-state index in [9.17, 15) is 0 Å². The average molecular weight is 342 g/mol. The van der Waals surface area contributed by atoms with Crippen LogP contribution in [0.3, 0.4) is 0 Å². The molecule has 0 aromatic heterocycles. The summed E-state index contributed by atoms with van der Waals surface area (Å²) in [6.07, 6.45) is -2.33. The van der Waals surface area contributed by atoms with Crippen LogP contribution in [0.1, 0.15) is 0 Å². The second-order valence-electron chi connectivity index (χ2n) is 0.698. The summed E-state index contributed by atoms with van der Waals surface area (Å²) in [6.45, 7) is 0. The van der Waals surface area contributed by atoms with Crippen molar-refractivity contribution in [1.82, 2.24) is 0 Å². The molecule has 0 spiro atoms. The quantitative estimate of drug-likeness (QED) is 0.423. The largest absolute Gasteiger partial charge is 2.00 e. The van der Waals surface area contributed by atoms with Crippen LogP contribution in [0.4, 0.5) is 4.79 Å². The molecule has 0 amide bonds. The van der Waals surface area contributed by atoms with E-state index in [0.29, 0.717) is 0 Å². The van der Waals surface area contributed by atoms with Crippen molar-refractivity contribution >= 4 is 68.4 Å². The Morgan fingerprint density at radius 1 is 1.20 bits per heavy atom. The van der Waals surface area contributed by atoms with E-state index in [1.165, 1.54) is 0 Å². The van der Waals surface area contributed by atoms with E-state index in [-0.39, 0.29) is 48.9 Å². The first-order valence-electron chi connectivity index (χ1n) is 1.31. The van der Waals surface area contributed by atoms with Crippen LogP contribution in [0.25, 0.3) is 0 Å². The minimum Gasteiger partial charge on any atom is 2.00 e. The predicted octanol–water partition coefficient (Wildman–Crippen LogP) is -4.56. The maximum atomic E-state index is 8.82. The van der Waals surface area contributed by atoms with Crippen molar-refractivity contribution in [3.05, 3.63) is 0 Å². The fraction of sp³-hybridized carbons (Fsp3) is 0. The van der Waals surface area contributed by atoms with E-state index in [2.05, 4.69) is 0 Å². The zero-order chi connectivity index (χ0) is 8.08. The zero-order valence-electron chi connectivity index (χ0n) is 4.55. The Hall–Kier alpha value is 0.881. The molecule has 0 aliphatic carbocycles. The SMILES string of the molecule is O=C([O-])[O-].O=[Se](=O)(O)O.[Ba+2]. The first-order valence-corrected chi connectivity index (χ1v) is 4.24. The second-order valence-corrected chi connectivity index (χ2v) is 2.58. The molecule has 0 heterocycles. The number of hydrogen-bond donors (Lipinski definition) is 2. The van der Waals surface area contributed by atoms with E-state index >= 15 is 0 Å². The van der Waals surface area contributed by atoms with E-state index in [0.717, 1.165) is 0 Å². The van der Waals surface area contributed by atoms with Crippen molar-refractivity contribution < 1.29 is 31.1 Å². The summed E-state index contributed by atoms with van der Waals surface area (Å²) in [5.41, 5.74) is 0. The molecule has 0 aliphatic rings. The van der Waals surface area contributed by atoms with E-state index < -0.39 is 19.5 Å². The van der Waals surface area contributed by atoms with Crippen molar-refractivity contribution in [3.8, 4) is 0 Å². The molecule has 0 bridgehead atoms. The van der Waals surface area contributed by atoms with E-state index in [1.807, 2.05) is 0 Å². The van der Waals surface area contributed by atoms with Crippen LogP contribution >= 0.6 is 0 Å². The van der Waals surface area contributed by atoms with Crippen molar-refractivity contribution in [1.29, 1.82) is 0 Å². The minimum absolute atomic E-state index is 0. The maximum Gasteiger partial charge on any atom is 2.00 e. The van der Waals surface area contributed by atoms with Gasteiger partial charge in [0.05, 0.1) is 0 Å². The molecular weight excluding hydrogens is 340 g/mol. The number of rotatable bonds is 0. The summed E-state index contributed by atoms with van der Waals surface area (Å²) in [5, 5.41) is 16.7. The van der Waals surface area contributed by atoms with Gasteiger partial charge in [-0.15, -0.1) is 0 Å². The summed E-state index contributed by atoms with van der Waals surface area (Å²) in [6, 6.07) is 0. The minimum atomic E-state index is -5.25. The third-order valence-corrected chi connectivity index (χ3v) is 0. The van der Waals surface area contributed by atoms with Crippen molar-refractivity contribution in [2.45, 2.75) is 0 Å². The fourth-order valence-electron chi connectivity index (χ4n) is 0. The summed E-state index contributed by atoms with van der Waals surface area (Å²) in [7, 11) is 0. The third kappa shape index (κ3) is 711. The molecule has 0 unspecified atom stereocenters. The number of carbonyl (C=O) groups is 1. The first kappa shape index (κ1) is 17.1. The predicted molar refractivity (Wildman–Crippen MR) is 22.7 cm³/mol. The molecule has 0 atom stereocenters. The van der Waals surface area contributed by atoms with Crippen LogP contribution in [-0.2, 0) is 7.67 Å². The molecule has 56 valence electrons. The zero-order valence-corrected chi connectivity index (χ0v) is 10.7. The van der Waals surface area contributed by atoms with Gasteiger partial charge in [0, 0.05) is 0 Å². The summed E-state index contributed by atoms with van der Waals surface area (Å²) in [5.74, 6) is 0. The van der Waals surface area contributed by atoms with Gasteiger partial charge >= 0.3 is 78.3 Å². The van der Waals surface area contributed by atoms with Gasteiger partial charge in [-0.25, -0.2) is 0 Å². The van der Waals surface area contributed by atoms with Crippen molar-refractivity contribution in [2.24, 2.45) is 0 Å². The Morgan fingerprint density at radius 2 is 1.20 bits per heavy atom. The third-order valence-electron chi connectivity index (χ3n) is 0. The summed E-state index contributed by atoms with van der Waals surface area (Å²) < 4.78 is 31.9. The molecule has 0 rings (SSSR count). The van der Waals surface area contributed by atoms with Gasteiger partial charge in [0.2, 0.25) is 0 Å². The van der Waals surface area contributed by atoms with Crippen LogP contribution in [0.5, 0.6) is 0 Å².